The Kier molecular flexibility index (Phi) is 5.48. The van der Waals surface area contributed by atoms with Crippen LogP contribution in [0.3, 0.4) is 0 Å². The number of anilines is 1. The van der Waals surface area contributed by atoms with Crippen molar-refractivity contribution in [2.45, 2.75) is 19.8 Å². The second-order valence-electron chi connectivity index (χ2n) is 3.70. The molecule has 0 aliphatic rings. The molecular formula is C12H11F4NO3. The van der Waals surface area contributed by atoms with Crippen LogP contribution in [0.2, 0.25) is 0 Å². The van der Waals surface area contributed by atoms with Crippen molar-refractivity contribution in [1.29, 1.82) is 0 Å². The highest BCUT2D eigenvalue weighted by atomic mass is 19.2. The van der Waals surface area contributed by atoms with Crippen molar-refractivity contribution < 1.29 is 31.9 Å². The highest BCUT2D eigenvalue weighted by molar-refractivity contribution is 5.92. The van der Waals surface area contributed by atoms with E-state index in [1.165, 1.54) is 0 Å². The van der Waals surface area contributed by atoms with Gasteiger partial charge in [-0.25, -0.2) is 17.6 Å². The van der Waals surface area contributed by atoms with E-state index in [0.29, 0.717) is 0 Å². The largest absolute Gasteiger partial charge is 0.466 e. The van der Waals surface area contributed by atoms with Gasteiger partial charge in [0, 0.05) is 12.5 Å². The zero-order valence-electron chi connectivity index (χ0n) is 10.4. The Hall–Kier alpha value is -2.12. The van der Waals surface area contributed by atoms with Crippen molar-refractivity contribution in [3.8, 4) is 0 Å². The van der Waals surface area contributed by atoms with Gasteiger partial charge in [0.1, 0.15) is 5.69 Å². The molecule has 1 aromatic rings. The standard InChI is InChI=1S/C12H11F4NO3/c1-2-20-9(19)4-3-8(18)17-12-10(15)6(13)5-7(14)11(12)16/h5H,2-4H2,1H3,(H,17,18). The van der Waals surface area contributed by atoms with Crippen LogP contribution in [0.5, 0.6) is 0 Å². The fourth-order valence-corrected chi connectivity index (χ4v) is 1.33. The van der Waals surface area contributed by atoms with E-state index in [1.54, 1.807) is 12.2 Å². The second kappa shape index (κ2) is 6.88. The van der Waals surface area contributed by atoms with Gasteiger partial charge < -0.3 is 10.1 Å². The van der Waals surface area contributed by atoms with Gasteiger partial charge in [-0.15, -0.1) is 0 Å². The maximum absolute atomic E-state index is 13.2. The summed E-state index contributed by atoms with van der Waals surface area (Å²) in [6.45, 7) is 1.69. The smallest absolute Gasteiger partial charge is 0.306 e. The quantitative estimate of drug-likeness (QED) is 0.515. The Morgan fingerprint density at radius 2 is 1.65 bits per heavy atom. The lowest BCUT2D eigenvalue weighted by atomic mass is 10.2. The van der Waals surface area contributed by atoms with E-state index in [-0.39, 0.29) is 19.1 Å². The summed E-state index contributed by atoms with van der Waals surface area (Å²) in [4.78, 5) is 22.3. The summed E-state index contributed by atoms with van der Waals surface area (Å²) in [5.41, 5.74) is -1.23. The monoisotopic (exact) mass is 293 g/mol. The highest BCUT2D eigenvalue weighted by Gasteiger charge is 2.21. The summed E-state index contributed by atoms with van der Waals surface area (Å²) in [6.07, 6.45) is -0.753. The summed E-state index contributed by atoms with van der Waals surface area (Å²) in [7, 11) is 0. The number of rotatable bonds is 5. The molecule has 8 heteroatoms. The Morgan fingerprint density at radius 1 is 1.10 bits per heavy atom. The molecule has 0 saturated heterocycles. The minimum atomic E-state index is -1.71. The first kappa shape index (κ1) is 15.9. The summed E-state index contributed by atoms with van der Waals surface area (Å²) in [5.74, 6) is -8.34. The first-order chi connectivity index (χ1) is 9.36. The molecule has 1 amide bonds. The molecule has 0 unspecified atom stereocenters. The van der Waals surface area contributed by atoms with E-state index in [2.05, 4.69) is 4.74 Å². The number of carbonyl (C=O) groups is 2. The van der Waals surface area contributed by atoms with Gasteiger partial charge in [0.25, 0.3) is 0 Å². The van der Waals surface area contributed by atoms with Crippen molar-refractivity contribution in [3.63, 3.8) is 0 Å². The summed E-state index contributed by atoms with van der Waals surface area (Å²) >= 11 is 0. The number of carbonyl (C=O) groups excluding carboxylic acids is 2. The molecule has 0 heterocycles. The Morgan fingerprint density at radius 3 is 2.15 bits per heavy atom. The molecule has 0 saturated carbocycles. The summed E-state index contributed by atoms with van der Waals surface area (Å²) < 4.78 is 56.8. The van der Waals surface area contributed by atoms with Crippen LogP contribution in [0.25, 0.3) is 0 Å². The molecular weight excluding hydrogens is 282 g/mol. The van der Waals surface area contributed by atoms with Crippen LogP contribution in [0.15, 0.2) is 6.07 Å². The van der Waals surface area contributed by atoms with Crippen LogP contribution in [0.4, 0.5) is 23.2 Å². The zero-order chi connectivity index (χ0) is 15.3. The number of hydrogen-bond donors (Lipinski definition) is 1. The van der Waals surface area contributed by atoms with Gasteiger partial charge in [-0.1, -0.05) is 0 Å². The van der Waals surface area contributed by atoms with Crippen molar-refractivity contribution in [3.05, 3.63) is 29.3 Å². The lowest BCUT2D eigenvalue weighted by Gasteiger charge is -2.08. The van der Waals surface area contributed by atoms with E-state index < -0.39 is 47.3 Å². The summed E-state index contributed by atoms with van der Waals surface area (Å²) in [6, 6.07) is 0.0267. The molecule has 0 bridgehead atoms. The van der Waals surface area contributed by atoms with E-state index >= 15 is 0 Å². The predicted molar refractivity (Wildman–Crippen MR) is 60.8 cm³/mol. The zero-order valence-corrected chi connectivity index (χ0v) is 10.4. The van der Waals surface area contributed by atoms with E-state index in [0.717, 1.165) is 0 Å². The van der Waals surface area contributed by atoms with Gasteiger partial charge in [0.05, 0.1) is 13.0 Å². The number of halogens is 4. The molecule has 0 aliphatic carbocycles. The van der Waals surface area contributed by atoms with E-state index in [9.17, 15) is 27.2 Å². The maximum Gasteiger partial charge on any atom is 0.306 e. The molecule has 0 fully saturated rings. The van der Waals surface area contributed by atoms with Crippen molar-refractivity contribution >= 4 is 17.6 Å². The fourth-order valence-electron chi connectivity index (χ4n) is 1.33. The van der Waals surface area contributed by atoms with Crippen molar-refractivity contribution in [2.24, 2.45) is 0 Å². The van der Waals surface area contributed by atoms with Gasteiger partial charge in [-0.3, -0.25) is 9.59 Å². The topological polar surface area (TPSA) is 55.4 Å². The summed E-state index contributed by atoms with van der Waals surface area (Å²) in [5, 5.41) is 1.68. The maximum atomic E-state index is 13.2. The van der Waals surface area contributed by atoms with Crippen LogP contribution in [0, 0.1) is 23.3 Å². The fraction of sp³-hybridized carbons (Fsp3) is 0.333. The lowest BCUT2D eigenvalue weighted by molar-refractivity contribution is -0.144. The van der Waals surface area contributed by atoms with Crippen molar-refractivity contribution in [1.82, 2.24) is 0 Å². The van der Waals surface area contributed by atoms with Crippen LogP contribution < -0.4 is 5.32 Å². The number of benzene rings is 1. The molecule has 20 heavy (non-hydrogen) atoms. The first-order valence-electron chi connectivity index (χ1n) is 5.65. The number of nitrogens with one attached hydrogen (secondary N) is 1. The van der Waals surface area contributed by atoms with Gasteiger partial charge in [0.2, 0.25) is 5.91 Å². The number of hydrogen-bond acceptors (Lipinski definition) is 3. The molecule has 1 aromatic carbocycles. The van der Waals surface area contributed by atoms with Gasteiger partial charge in [0.15, 0.2) is 23.3 Å². The Labute approximate surface area is 111 Å². The predicted octanol–water partition coefficient (Wildman–Crippen LogP) is 2.52. The van der Waals surface area contributed by atoms with E-state index in [1.807, 2.05) is 0 Å². The van der Waals surface area contributed by atoms with Crippen LogP contribution >= 0.6 is 0 Å². The average Bonchev–Trinajstić information content (AvgIpc) is 2.39. The number of amides is 1. The molecule has 1 rings (SSSR count). The average molecular weight is 293 g/mol. The molecule has 4 nitrogen and oxygen atoms in total. The van der Waals surface area contributed by atoms with Gasteiger partial charge in [-0.2, -0.15) is 0 Å². The molecule has 1 N–H and O–H groups in total. The van der Waals surface area contributed by atoms with Crippen molar-refractivity contribution in [2.75, 3.05) is 11.9 Å². The first-order valence-corrected chi connectivity index (χ1v) is 5.65. The lowest BCUT2D eigenvalue weighted by Crippen LogP contribution is -2.17. The minimum absolute atomic E-state index is 0.0267. The number of esters is 1. The second-order valence-corrected chi connectivity index (χ2v) is 3.70. The molecule has 0 atom stereocenters. The van der Waals surface area contributed by atoms with Crippen LogP contribution in [0.1, 0.15) is 19.8 Å². The third-order valence-electron chi connectivity index (χ3n) is 2.24. The van der Waals surface area contributed by atoms with Crippen LogP contribution in [-0.4, -0.2) is 18.5 Å². The highest BCUT2D eigenvalue weighted by Crippen LogP contribution is 2.24. The Bertz CT molecular complexity index is 508. The number of ether oxygens (including phenoxy) is 1. The molecule has 0 radical (unpaired) electrons. The van der Waals surface area contributed by atoms with E-state index in [4.69, 9.17) is 0 Å². The molecule has 110 valence electrons. The third-order valence-corrected chi connectivity index (χ3v) is 2.24. The SMILES string of the molecule is CCOC(=O)CCC(=O)Nc1c(F)c(F)cc(F)c1F. The Balaban J connectivity index is 2.74. The molecule has 0 aliphatic heterocycles. The van der Waals surface area contributed by atoms with Crippen LogP contribution in [-0.2, 0) is 14.3 Å². The third kappa shape index (κ3) is 3.94. The minimum Gasteiger partial charge on any atom is -0.466 e. The van der Waals surface area contributed by atoms with Gasteiger partial charge in [-0.05, 0) is 6.92 Å². The van der Waals surface area contributed by atoms with Gasteiger partial charge >= 0.3 is 5.97 Å². The molecule has 0 aromatic heterocycles. The normalized spacial score (nSPS) is 10.2. The molecule has 0 spiro atoms.